The summed E-state index contributed by atoms with van der Waals surface area (Å²) in [5.74, 6) is 0. The molecule has 0 bridgehead atoms. The average Bonchev–Trinajstić information content (AvgIpc) is 2.26. The first-order valence-corrected chi connectivity index (χ1v) is 6.10. The van der Waals surface area contributed by atoms with Gasteiger partial charge in [0.15, 0.2) is 0 Å². The highest BCUT2D eigenvalue weighted by atomic mass is 32.2. The van der Waals surface area contributed by atoms with Gasteiger partial charge in [-0.1, -0.05) is 47.8 Å². The topological polar surface area (TPSA) is 0 Å². The van der Waals surface area contributed by atoms with Gasteiger partial charge < -0.3 is 0 Å². The van der Waals surface area contributed by atoms with Crippen LogP contribution in [0, 0.1) is 0 Å². The number of benzene rings is 2. The van der Waals surface area contributed by atoms with Crippen LogP contribution in [0.5, 0.6) is 0 Å². The molecule has 0 amide bonds. The molecule has 2 aromatic carbocycles. The van der Waals surface area contributed by atoms with Crippen LogP contribution in [0.2, 0.25) is 0 Å². The standard InChI is InChI=1S/C12H8S2.Si/c1-2-6-10-9(5-1)13-11-7-3-4-8-12(11)14-10;/h1-8H;. The summed E-state index contributed by atoms with van der Waals surface area (Å²) in [7, 11) is 0. The van der Waals surface area contributed by atoms with Gasteiger partial charge in [0.2, 0.25) is 0 Å². The molecular formula is C12H8S2Si. The Morgan fingerprint density at radius 1 is 0.533 bits per heavy atom. The van der Waals surface area contributed by atoms with Crippen LogP contribution in [0.25, 0.3) is 0 Å². The van der Waals surface area contributed by atoms with Crippen LogP contribution in [-0.4, -0.2) is 11.0 Å². The molecule has 72 valence electrons. The molecule has 0 atom stereocenters. The Morgan fingerprint density at radius 3 is 1.07 bits per heavy atom. The van der Waals surface area contributed by atoms with E-state index in [0.717, 1.165) is 0 Å². The Balaban J connectivity index is 0.000000853. The van der Waals surface area contributed by atoms with Gasteiger partial charge in [-0.05, 0) is 24.3 Å². The molecule has 0 aromatic heterocycles. The number of fused-ring (bicyclic) bond motifs is 2. The molecule has 1 aliphatic rings. The number of rotatable bonds is 0. The molecule has 0 saturated heterocycles. The van der Waals surface area contributed by atoms with Crippen molar-refractivity contribution >= 4 is 34.5 Å². The van der Waals surface area contributed by atoms with Crippen LogP contribution >= 0.6 is 23.5 Å². The summed E-state index contributed by atoms with van der Waals surface area (Å²) >= 11 is 3.72. The van der Waals surface area contributed by atoms with E-state index in [2.05, 4.69) is 48.5 Å². The quantitative estimate of drug-likeness (QED) is 0.550. The number of hydrogen-bond donors (Lipinski definition) is 0. The molecule has 4 radical (unpaired) electrons. The van der Waals surface area contributed by atoms with Crippen molar-refractivity contribution in [3.05, 3.63) is 48.5 Å². The Morgan fingerprint density at radius 2 is 0.800 bits per heavy atom. The van der Waals surface area contributed by atoms with E-state index in [4.69, 9.17) is 0 Å². The lowest BCUT2D eigenvalue weighted by Crippen LogP contribution is -1.87. The van der Waals surface area contributed by atoms with Crippen molar-refractivity contribution < 1.29 is 0 Å². The van der Waals surface area contributed by atoms with Crippen LogP contribution < -0.4 is 0 Å². The second-order valence-corrected chi connectivity index (χ2v) is 5.27. The van der Waals surface area contributed by atoms with Crippen molar-refractivity contribution in [2.45, 2.75) is 19.6 Å². The van der Waals surface area contributed by atoms with Gasteiger partial charge in [-0.25, -0.2) is 0 Å². The monoisotopic (exact) mass is 244 g/mol. The van der Waals surface area contributed by atoms with E-state index in [0.29, 0.717) is 0 Å². The predicted molar refractivity (Wildman–Crippen MR) is 66.9 cm³/mol. The molecule has 0 unspecified atom stereocenters. The van der Waals surface area contributed by atoms with Crippen molar-refractivity contribution in [2.24, 2.45) is 0 Å². The lowest BCUT2D eigenvalue weighted by Gasteiger charge is -2.17. The summed E-state index contributed by atoms with van der Waals surface area (Å²) < 4.78 is 0. The van der Waals surface area contributed by atoms with Crippen LogP contribution in [0.15, 0.2) is 68.1 Å². The summed E-state index contributed by atoms with van der Waals surface area (Å²) in [6.45, 7) is 0. The fourth-order valence-electron chi connectivity index (χ4n) is 1.47. The second kappa shape index (κ2) is 4.47. The summed E-state index contributed by atoms with van der Waals surface area (Å²) in [5, 5.41) is 0. The van der Waals surface area contributed by atoms with Gasteiger partial charge in [0, 0.05) is 30.5 Å². The summed E-state index contributed by atoms with van der Waals surface area (Å²) in [5.41, 5.74) is 0. The maximum Gasteiger partial charge on any atom is 0.0262 e. The molecule has 3 rings (SSSR count). The van der Waals surface area contributed by atoms with Gasteiger partial charge in [-0.15, -0.1) is 0 Å². The average molecular weight is 244 g/mol. The van der Waals surface area contributed by atoms with Crippen molar-refractivity contribution in [1.82, 2.24) is 0 Å². The van der Waals surface area contributed by atoms with Crippen LogP contribution in [0.4, 0.5) is 0 Å². The molecule has 0 N–H and O–H groups in total. The van der Waals surface area contributed by atoms with Gasteiger partial charge in [0.05, 0.1) is 0 Å². The first-order valence-electron chi connectivity index (χ1n) is 4.47. The predicted octanol–water partition coefficient (Wildman–Crippen LogP) is 3.92. The van der Waals surface area contributed by atoms with Crippen molar-refractivity contribution in [1.29, 1.82) is 0 Å². The van der Waals surface area contributed by atoms with Gasteiger partial charge in [-0.3, -0.25) is 0 Å². The zero-order valence-electron chi connectivity index (χ0n) is 7.94. The third-order valence-corrected chi connectivity index (χ3v) is 4.70. The van der Waals surface area contributed by atoms with E-state index < -0.39 is 0 Å². The Kier molecular flexibility index (Phi) is 3.24. The fourth-order valence-corrected chi connectivity index (χ4v) is 3.71. The van der Waals surface area contributed by atoms with E-state index in [1.54, 1.807) is 0 Å². The van der Waals surface area contributed by atoms with Gasteiger partial charge in [0.25, 0.3) is 0 Å². The molecule has 3 heteroatoms. The molecule has 0 saturated carbocycles. The summed E-state index contributed by atoms with van der Waals surface area (Å²) in [6.07, 6.45) is 0. The zero-order valence-corrected chi connectivity index (χ0v) is 10.6. The molecule has 15 heavy (non-hydrogen) atoms. The van der Waals surface area contributed by atoms with Gasteiger partial charge in [0.1, 0.15) is 0 Å². The fraction of sp³-hybridized carbons (Fsp3) is 0. The summed E-state index contributed by atoms with van der Waals surface area (Å²) in [6, 6.07) is 17.1. The normalized spacial score (nSPS) is 12.3. The molecule has 1 aliphatic heterocycles. The molecule has 1 heterocycles. The van der Waals surface area contributed by atoms with Crippen molar-refractivity contribution in [2.75, 3.05) is 0 Å². The highest BCUT2D eigenvalue weighted by Gasteiger charge is 2.14. The van der Waals surface area contributed by atoms with E-state index in [1.807, 2.05) is 23.5 Å². The van der Waals surface area contributed by atoms with E-state index in [-0.39, 0.29) is 11.0 Å². The lowest BCUT2D eigenvalue weighted by atomic mass is 10.3. The highest BCUT2D eigenvalue weighted by Crippen LogP contribution is 2.47. The molecule has 0 nitrogen and oxygen atoms in total. The third-order valence-electron chi connectivity index (χ3n) is 2.14. The maximum absolute atomic E-state index is 2.18. The van der Waals surface area contributed by atoms with Gasteiger partial charge >= 0.3 is 0 Å². The zero-order chi connectivity index (χ0) is 9.38. The largest absolute Gasteiger partial charge is 0.0877 e. The minimum Gasteiger partial charge on any atom is -0.0877 e. The highest BCUT2D eigenvalue weighted by molar-refractivity contribution is 8.05. The first-order chi connectivity index (χ1) is 6.93. The van der Waals surface area contributed by atoms with Crippen LogP contribution in [0.1, 0.15) is 0 Å². The smallest absolute Gasteiger partial charge is 0.0262 e. The molecule has 0 fully saturated rings. The van der Waals surface area contributed by atoms with Crippen molar-refractivity contribution in [3.63, 3.8) is 0 Å². The Bertz CT molecular complexity index is 395. The molecular weight excluding hydrogens is 236 g/mol. The SMILES string of the molecule is [Si].c1ccc2c(c1)Sc1ccccc1S2. The van der Waals surface area contributed by atoms with Crippen LogP contribution in [-0.2, 0) is 0 Å². The van der Waals surface area contributed by atoms with Crippen molar-refractivity contribution in [3.8, 4) is 0 Å². The minimum absolute atomic E-state index is 0. The maximum atomic E-state index is 2.18. The van der Waals surface area contributed by atoms with E-state index in [1.165, 1.54) is 19.6 Å². The third kappa shape index (κ3) is 2.00. The second-order valence-electron chi connectivity index (χ2n) is 3.10. The van der Waals surface area contributed by atoms with Crippen LogP contribution in [0.3, 0.4) is 0 Å². The van der Waals surface area contributed by atoms with E-state index in [9.17, 15) is 0 Å². The number of hydrogen-bond acceptors (Lipinski definition) is 2. The first kappa shape index (κ1) is 10.9. The summed E-state index contributed by atoms with van der Waals surface area (Å²) in [4.78, 5) is 5.49. The Hall–Kier alpha value is -0.643. The van der Waals surface area contributed by atoms with E-state index >= 15 is 0 Å². The molecule has 0 spiro atoms. The van der Waals surface area contributed by atoms with Gasteiger partial charge in [-0.2, -0.15) is 0 Å². The Labute approximate surface area is 103 Å². The molecule has 2 aromatic rings. The minimum atomic E-state index is 0. The lowest BCUT2D eigenvalue weighted by molar-refractivity contribution is 1.16. The molecule has 0 aliphatic carbocycles.